The fourth-order valence-corrected chi connectivity index (χ4v) is 3.75. The largest absolute Gasteiger partial charge is 0.344 e. The zero-order chi connectivity index (χ0) is 21.6. The number of fused-ring (bicyclic) bond motifs is 1. The van der Waals surface area contributed by atoms with Crippen LogP contribution in [0.2, 0.25) is 0 Å². The maximum atomic E-state index is 13.6. The zero-order valence-corrected chi connectivity index (χ0v) is 20.0. The zero-order valence-electron chi connectivity index (χ0n) is 20.0. The first-order valence-electron chi connectivity index (χ1n) is 12.2. The van der Waals surface area contributed by atoms with Crippen LogP contribution >= 0.6 is 0 Å². The van der Waals surface area contributed by atoms with E-state index < -0.39 is 0 Å². The number of unbranched alkanes of at least 4 members (excludes halogenated alkanes) is 2. The first-order valence-corrected chi connectivity index (χ1v) is 12.2. The molecule has 29 heavy (non-hydrogen) atoms. The van der Waals surface area contributed by atoms with Crippen LogP contribution < -0.4 is 0 Å². The maximum absolute atomic E-state index is 13.6. The normalized spacial score (nSPS) is 19.7. The Bertz CT molecular complexity index is 650. The topological polar surface area (TPSA) is 4.93 Å². The highest BCUT2D eigenvalue weighted by Crippen LogP contribution is 2.34. The highest BCUT2D eigenvalue weighted by atomic mass is 19.1. The molecule has 0 aliphatic heterocycles. The minimum Gasteiger partial charge on any atom is -0.344 e. The van der Waals surface area contributed by atoms with Crippen LogP contribution in [-0.2, 0) is 0 Å². The Balaban J connectivity index is 0.000000295. The second-order valence-electron chi connectivity index (χ2n) is 8.96. The predicted molar refractivity (Wildman–Crippen MR) is 128 cm³/mol. The Morgan fingerprint density at radius 3 is 2.17 bits per heavy atom. The van der Waals surface area contributed by atoms with Crippen molar-refractivity contribution in [3.63, 3.8) is 0 Å². The van der Waals surface area contributed by atoms with E-state index in [0.717, 1.165) is 22.7 Å². The predicted octanol–water partition coefficient (Wildman–Crippen LogP) is 9.56. The minimum atomic E-state index is -0.106. The number of hydrogen-bond acceptors (Lipinski definition) is 0. The van der Waals surface area contributed by atoms with E-state index in [2.05, 4.69) is 52.3 Å². The Labute approximate surface area is 180 Å². The van der Waals surface area contributed by atoms with E-state index in [1.165, 1.54) is 70.3 Å². The molecule has 1 nitrogen and oxygen atoms in total. The third kappa shape index (κ3) is 8.93. The number of rotatable bonds is 6. The summed E-state index contributed by atoms with van der Waals surface area (Å²) in [4.78, 5) is 0. The fraction of sp³-hybridized carbons (Fsp3) is 0.704. The Kier molecular flexibility index (Phi) is 13.0. The second-order valence-corrected chi connectivity index (χ2v) is 8.96. The summed E-state index contributed by atoms with van der Waals surface area (Å²) in [6.07, 6.45) is 15.3. The van der Waals surface area contributed by atoms with E-state index in [1.54, 1.807) is 6.07 Å². The van der Waals surface area contributed by atoms with Crippen LogP contribution in [0.3, 0.4) is 0 Å². The first-order chi connectivity index (χ1) is 14.0. The molecule has 1 fully saturated rings. The molecule has 1 atom stereocenters. The molecule has 1 heterocycles. The van der Waals surface area contributed by atoms with E-state index in [0.29, 0.717) is 6.04 Å². The molecule has 1 aliphatic rings. The summed E-state index contributed by atoms with van der Waals surface area (Å²) in [6, 6.07) is 7.83. The molecule has 1 aromatic heterocycles. The highest BCUT2D eigenvalue weighted by molar-refractivity contribution is 5.80. The molecule has 1 unspecified atom stereocenters. The molecule has 0 amide bonds. The lowest BCUT2D eigenvalue weighted by atomic mass is 9.87. The number of aromatic nitrogens is 1. The molecule has 0 radical (unpaired) electrons. The van der Waals surface area contributed by atoms with E-state index in [1.807, 2.05) is 12.1 Å². The van der Waals surface area contributed by atoms with Crippen LogP contribution in [-0.4, -0.2) is 4.57 Å². The van der Waals surface area contributed by atoms with Crippen LogP contribution in [0.5, 0.6) is 0 Å². The summed E-state index contributed by atoms with van der Waals surface area (Å²) in [5.74, 6) is 1.70. The Morgan fingerprint density at radius 2 is 1.62 bits per heavy atom. The van der Waals surface area contributed by atoms with Crippen molar-refractivity contribution in [3.05, 3.63) is 36.3 Å². The average Bonchev–Trinajstić information content (AvgIpc) is 3.18. The summed E-state index contributed by atoms with van der Waals surface area (Å²) in [6.45, 7) is 13.5. The van der Waals surface area contributed by atoms with Gasteiger partial charge >= 0.3 is 0 Å². The van der Waals surface area contributed by atoms with Gasteiger partial charge in [0.15, 0.2) is 0 Å². The molecule has 1 aromatic carbocycles. The minimum absolute atomic E-state index is 0.106. The number of benzene rings is 1. The molecule has 0 N–H and O–H groups in total. The van der Waals surface area contributed by atoms with Gasteiger partial charge < -0.3 is 4.57 Å². The maximum Gasteiger partial charge on any atom is 0.132 e. The Hall–Kier alpha value is -1.31. The van der Waals surface area contributed by atoms with Gasteiger partial charge in [0, 0.05) is 17.6 Å². The van der Waals surface area contributed by atoms with Crippen molar-refractivity contribution >= 4 is 10.9 Å². The molecule has 3 rings (SSSR count). The van der Waals surface area contributed by atoms with Gasteiger partial charge in [-0.15, -0.1) is 0 Å². The van der Waals surface area contributed by atoms with Gasteiger partial charge in [0.05, 0.1) is 5.52 Å². The molecule has 0 bridgehead atoms. The van der Waals surface area contributed by atoms with Crippen LogP contribution in [0.25, 0.3) is 10.9 Å². The van der Waals surface area contributed by atoms with E-state index in [9.17, 15) is 4.39 Å². The molecule has 2 aromatic rings. The van der Waals surface area contributed by atoms with Crippen LogP contribution in [0, 0.1) is 17.7 Å². The van der Waals surface area contributed by atoms with Crippen LogP contribution in [0.1, 0.15) is 112 Å². The molecular weight excluding hydrogens is 357 g/mol. The lowest BCUT2D eigenvalue weighted by Crippen LogP contribution is -2.15. The third-order valence-electron chi connectivity index (χ3n) is 6.34. The second kappa shape index (κ2) is 14.6. The van der Waals surface area contributed by atoms with Crippen LogP contribution in [0.15, 0.2) is 30.5 Å². The van der Waals surface area contributed by atoms with Crippen molar-refractivity contribution in [2.24, 2.45) is 11.8 Å². The SMILES string of the molecule is CC1CCC(n2ccc3c(F)cccc32)CC1.CCCC.CCCCC(C)CC. The van der Waals surface area contributed by atoms with Gasteiger partial charge in [-0.3, -0.25) is 0 Å². The monoisotopic (exact) mass is 403 g/mol. The smallest absolute Gasteiger partial charge is 0.132 e. The number of halogens is 1. The van der Waals surface area contributed by atoms with Gasteiger partial charge in [-0.25, -0.2) is 4.39 Å². The first kappa shape index (κ1) is 25.7. The van der Waals surface area contributed by atoms with Gasteiger partial charge in [0.1, 0.15) is 5.82 Å². The molecular formula is C27H46FN. The van der Waals surface area contributed by atoms with Gasteiger partial charge in [-0.2, -0.15) is 0 Å². The molecule has 0 saturated heterocycles. The van der Waals surface area contributed by atoms with Gasteiger partial charge in [-0.1, -0.05) is 86.1 Å². The van der Waals surface area contributed by atoms with Crippen molar-refractivity contribution in [1.82, 2.24) is 4.57 Å². The fourth-order valence-electron chi connectivity index (χ4n) is 3.75. The van der Waals surface area contributed by atoms with Crippen molar-refractivity contribution in [2.75, 3.05) is 0 Å². The molecule has 0 spiro atoms. The number of hydrogen-bond donors (Lipinski definition) is 0. The summed E-state index contributed by atoms with van der Waals surface area (Å²) >= 11 is 0. The van der Waals surface area contributed by atoms with Crippen molar-refractivity contribution in [1.29, 1.82) is 0 Å². The third-order valence-corrected chi connectivity index (χ3v) is 6.34. The highest BCUT2D eigenvalue weighted by Gasteiger charge is 2.20. The van der Waals surface area contributed by atoms with Crippen molar-refractivity contribution in [2.45, 2.75) is 112 Å². The number of nitrogens with zero attached hydrogens (tertiary/aromatic N) is 1. The lowest BCUT2D eigenvalue weighted by molar-refractivity contribution is 0.294. The molecule has 166 valence electrons. The van der Waals surface area contributed by atoms with E-state index in [4.69, 9.17) is 0 Å². The van der Waals surface area contributed by atoms with Crippen molar-refractivity contribution < 1.29 is 4.39 Å². The molecule has 2 heteroatoms. The standard InChI is InChI=1S/C15H18FN.C8H18.C4H10/c1-11-5-7-12(8-6-11)17-10-9-13-14(16)3-2-4-15(13)17;1-4-6-7-8(3)5-2;1-3-4-2/h2-4,9-12H,5-8H2,1H3;8H,4-7H2,1-3H3;3-4H2,1-2H3. The van der Waals surface area contributed by atoms with Crippen LogP contribution in [0.4, 0.5) is 4.39 Å². The summed E-state index contributed by atoms with van der Waals surface area (Å²) in [7, 11) is 0. The summed E-state index contributed by atoms with van der Waals surface area (Å²) in [5.41, 5.74) is 1.05. The van der Waals surface area contributed by atoms with E-state index >= 15 is 0 Å². The van der Waals surface area contributed by atoms with Gasteiger partial charge in [-0.05, 0) is 55.7 Å². The van der Waals surface area contributed by atoms with E-state index in [-0.39, 0.29) is 5.82 Å². The molecule has 1 aliphatic carbocycles. The summed E-state index contributed by atoms with van der Waals surface area (Å²) < 4.78 is 15.9. The van der Waals surface area contributed by atoms with Gasteiger partial charge in [0.2, 0.25) is 0 Å². The quantitative estimate of drug-likeness (QED) is 0.452. The lowest BCUT2D eigenvalue weighted by Gasteiger charge is -2.28. The molecule has 1 saturated carbocycles. The van der Waals surface area contributed by atoms with Gasteiger partial charge in [0.25, 0.3) is 0 Å². The summed E-state index contributed by atoms with van der Waals surface area (Å²) in [5, 5.41) is 0.756. The Morgan fingerprint density at radius 1 is 0.966 bits per heavy atom. The average molecular weight is 404 g/mol. The van der Waals surface area contributed by atoms with Crippen molar-refractivity contribution in [3.8, 4) is 0 Å².